The predicted octanol–water partition coefficient (Wildman–Crippen LogP) is 3.18. The Bertz CT molecular complexity index is 960. The van der Waals surface area contributed by atoms with Crippen LogP contribution in [0.25, 0.3) is 5.69 Å². The molecular weight excluding hydrogens is 334 g/mol. The van der Waals surface area contributed by atoms with Crippen LogP contribution in [0.2, 0.25) is 0 Å². The Hall–Kier alpha value is -2.73. The lowest BCUT2D eigenvalue weighted by atomic mass is 10.2. The first kappa shape index (κ1) is 17.1. The Kier molecular flexibility index (Phi) is 4.81. The van der Waals surface area contributed by atoms with Crippen LogP contribution in [-0.4, -0.2) is 27.6 Å². The van der Waals surface area contributed by atoms with Crippen molar-refractivity contribution in [3.05, 3.63) is 79.9 Å². The van der Waals surface area contributed by atoms with Gasteiger partial charge in [-0.3, -0.25) is 9.59 Å². The SMILES string of the molecule is Cc1ccsc1CN(C)C(=O)c1nn(-c2ccccc2)c(C)cc1=O. The van der Waals surface area contributed by atoms with E-state index in [-0.39, 0.29) is 17.0 Å². The molecule has 25 heavy (non-hydrogen) atoms. The van der Waals surface area contributed by atoms with E-state index in [1.54, 1.807) is 30.0 Å². The molecule has 0 aliphatic carbocycles. The fourth-order valence-electron chi connectivity index (χ4n) is 2.56. The van der Waals surface area contributed by atoms with Gasteiger partial charge in [0.05, 0.1) is 12.2 Å². The number of amides is 1. The summed E-state index contributed by atoms with van der Waals surface area (Å²) in [6.07, 6.45) is 0. The molecule has 5 nitrogen and oxygen atoms in total. The van der Waals surface area contributed by atoms with Crippen LogP contribution in [0.1, 0.15) is 26.6 Å². The van der Waals surface area contributed by atoms with E-state index in [4.69, 9.17) is 0 Å². The molecule has 0 saturated heterocycles. The molecule has 0 spiro atoms. The first-order chi connectivity index (χ1) is 12.0. The monoisotopic (exact) mass is 353 g/mol. The van der Waals surface area contributed by atoms with E-state index in [9.17, 15) is 9.59 Å². The topological polar surface area (TPSA) is 55.2 Å². The van der Waals surface area contributed by atoms with Gasteiger partial charge in [-0.05, 0) is 43.0 Å². The zero-order chi connectivity index (χ0) is 18.0. The molecule has 0 bridgehead atoms. The van der Waals surface area contributed by atoms with E-state index in [0.717, 1.165) is 16.1 Å². The molecule has 3 aromatic rings. The molecule has 3 rings (SSSR count). The second-order valence-corrected chi connectivity index (χ2v) is 6.93. The average Bonchev–Trinajstić information content (AvgIpc) is 3.00. The highest BCUT2D eigenvalue weighted by Gasteiger charge is 2.20. The fourth-order valence-corrected chi connectivity index (χ4v) is 3.52. The first-order valence-corrected chi connectivity index (χ1v) is 8.80. The summed E-state index contributed by atoms with van der Waals surface area (Å²) in [7, 11) is 1.69. The van der Waals surface area contributed by atoms with E-state index in [0.29, 0.717) is 12.2 Å². The van der Waals surface area contributed by atoms with E-state index in [1.165, 1.54) is 11.0 Å². The Morgan fingerprint density at radius 2 is 1.92 bits per heavy atom. The van der Waals surface area contributed by atoms with Crippen LogP contribution in [0.3, 0.4) is 0 Å². The van der Waals surface area contributed by atoms with Crippen LogP contribution in [0, 0.1) is 13.8 Å². The number of aryl methyl sites for hydroxylation is 2. The number of aromatic nitrogens is 2. The number of carbonyl (C=O) groups is 1. The molecule has 1 amide bonds. The van der Waals surface area contributed by atoms with Crippen molar-refractivity contribution in [2.75, 3.05) is 7.05 Å². The number of para-hydroxylation sites is 1. The number of benzene rings is 1. The molecule has 2 aromatic heterocycles. The van der Waals surface area contributed by atoms with Gasteiger partial charge in [0.2, 0.25) is 5.43 Å². The van der Waals surface area contributed by atoms with Crippen LogP contribution >= 0.6 is 11.3 Å². The fraction of sp³-hybridized carbons (Fsp3) is 0.211. The van der Waals surface area contributed by atoms with Crippen LogP contribution in [0.4, 0.5) is 0 Å². The maximum absolute atomic E-state index is 12.8. The maximum Gasteiger partial charge on any atom is 0.278 e. The molecule has 128 valence electrons. The summed E-state index contributed by atoms with van der Waals surface area (Å²) in [6.45, 7) is 4.27. The lowest BCUT2D eigenvalue weighted by Crippen LogP contribution is -2.33. The highest BCUT2D eigenvalue weighted by Crippen LogP contribution is 2.18. The summed E-state index contributed by atoms with van der Waals surface area (Å²) in [6, 6.07) is 12.9. The second kappa shape index (κ2) is 7.03. The Morgan fingerprint density at radius 1 is 1.20 bits per heavy atom. The number of rotatable bonds is 4. The highest BCUT2D eigenvalue weighted by molar-refractivity contribution is 7.10. The van der Waals surface area contributed by atoms with Gasteiger partial charge in [0, 0.05) is 23.7 Å². The molecule has 1 aromatic carbocycles. The van der Waals surface area contributed by atoms with Crippen molar-refractivity contribution in [3.63, 3.8) is 0 Å². The largest absolute Gasteiger partial charge is 0.335 e. The molecule has 0 radical (unpaired) electrons. The lowest BCUT2D eigenvalue weighted by molar-refractivity contribution is 0.0777. The molecule has 0 atom stereocenters. The van der Waals surface area contributed by atoms with Gasteiger partial charge < -0.3 is 4.90 Å². The van der Waals surface area contributed by atoms with E-state index >= 15 is 0 Å². The molecular formula is C19H19N3O2S. The Balaban J connectivity index is 1.95. The normalized spacial score (nSPS) is 10.7. The van der Waals surface area contributed by atoms with Crippen molar-refractivity contribution in [2.24, 2.45) is 0 Å². The second-order valence-electron chi connectivity index (χ2n) is 5.93. The number of nitrogens with zero attached hydrogens (tertiary/aromatic N) is 3. The van der Waals surface area contributed by atoms with Crippen molar-refractivity contribution in [1.82, 2.24) is 14.7 Å². The zero-order valence-electron chi connectivity index (χ0n) is 14.4. The van der Waals surface area contributed by atoms with Gasteiger partial charge in [0.15, 0.2) is 5.69 Å². The Labute approximate surface area is 150 Å². The molecule has 0 fully saturated rings. The average molecular weight is 353 g/mol. The Morgan fingerprint density at radius 3 is 2.56 bits per heavy atom. The highest BCUT2D eigenvalue weighted by atomic mass is 32.1. The van der Waals surface area contributed by atoms with Gasteiger partial charge in [-0.1, -0.05) is 18.2 Å². The summed E-state index contributed by atoms with van der Waals surface area (Å²) in [5, 5.41) is 6.33. The van der Waals surface area contributed by atoms with Crippen molar-refractivity contribution in [3.8, 4) is 5.69 Å². The van der Waals surface area contributed by atoms with Crippen molar-refractivity contribution >= 4 is 17.2 Å². The summed E-state index contributed by atoms with van der Waals surface area (Å²) in [5.41, 5.74) is 2.22. The molecule has 6 heteroatoms. The molecule has 0 saturated carbocycles. The molecule has 0 N–H and O–H groups in total. The maximum atomic E-state index is 12.8. The number of carbonyl (C=O) groups excluding carboxylic acids is 1. The minimum absolute atomic E-state index is 0.0637. The third kappa shape index (κ3) is 3.53. The smallest absolute Gasteiger partial charge is 0.278 e. The quantitative estimate of drug-likeness (QED) is 0.724. The first-order valence-electron chi connectivity index (χ1n) is 7.92. The van der Waals surface area contributed by atoms with Gasteiger partial charge >= 0.3 is 0 Å². The van der Waals surface area contributed by atoms with Crippen molar-refractivity contribution < 1.29 is 4.79 Å². The van der Waals surface area contributed by atoms with Crippen LogP contribution in [-0.2, 0) is 6.54 Å². The third-order valence-corrected chi connectivity index (χ3v) is 5.01. The van der Waals surface area contributed by atoms with Crippen LogP contribution in [0.5, 0.6) is 0 Å². The molecule has 2 heterocycles. The number of hydrogen-bond donors (Lipinski definition) is 0. The number of hydrogen-bond acceptors (Lipinski definition) is 4. The van der Waals surface area contributed by atoms with E-state index in [2.05, 4.69) is 5.10 Å². The van der Waals surface area contributed by atoms with Gasteiger partial charge in [0.1, 0.15) is 0 Å². The summed E-state index contributed by atoms with van der Waals surface area (Å²) in [4.78, 5) is 27.7. The van der Waals surface area contributed by atoms with Crippen LogP contribution < -0.4 is 5.43 Å². The van der Waals surface area contributed by atoms with E-state index in [1.807, 2.05) is 48.7 Å². The number of thiophene rings is 1. The van der Waals surface area contributed by atoms with Crippen molar-refractivity contribution in [1.29, 1.82) is 0 Å². The van der Waals surface area contributed by atoms with Gasteiger partial charge in [-0.25, -0.2) is 4.68 Å². The summed E-state index contributed by atoms with van der Waals surface area (Å²) in [5.74, 6) is -0.373. The minimum atomic E-state index is -0.373. The third-order valence-electron chi connectivity index (χ3n) is 4.01. The summed E-state index contributed by atoms with van der Waals surface area (Å²) >= 11 is 1.60. The lowest BCUT2D eigenvalue weighted by Gasteiger charge is -2.17. The van der Waals surface area contributed by atoms with Crippen molar-refractivity contribution in [2.45, 2.75) is 20.4 Å². The van der Waals surface area contributed by atoms with E-state index < -0.39 is 0 Å². The van der Waals surface area contributed by atoms with Crippen LogP contribution in [0.15, 0.2) is 52.6 Å². The molecule has 0 aliphatic rings. The summed E-state index contributed by atoms with van der Waals surface area (Å²) < 4.78 is 1.62. The zero-order valence-corrected chi connectivity index (χ0v) is 15.2. The standard InChI is InChI=1S/C19H19N3O2S/c1-13-9-10-25-17(13)12-21(3)19(24)18-16(23)11-14(2)22(20-18)15-7-5-4-6-8-15/h4-11H,12H2,1-3H3. The predicted molar refractivity (Wildman–Crippen MR) is 99.4 cm³/mol. The molecule has 0 aliphatic heterocycles. The molecule has 0 unspecified atom stereocenters. The minimum Gasteiger partial charge on any atom is -0.335 e. The van der Waals surface area contributed by atoms with Gasteiger partial charge in [0.25, 0.3) is 5.91 Å². The van der Waals surface area contributed by atoms with Gasteiger partial charge in [-0.2, -0.15) is 5.10 Å². The van der Waals surface area contributed by atoms with Gasteiger partial charge in [-0.15, -0.1) is 11.3 Å².